The van der Waals surface area contributed by atoms with E-state index in [1.54, 1.807) is 7.11 Å². The molecule has 1 heterocycles. The van der Waals surface area contributed by atoms with Crippen LogP contribution in [0.4, 0.5) is 11.4 Å². The number of ether oxygens (including phenoxy) is 2. The molecule has 1 aromatic rings. The molecule has 0 spiro atoms. The van der Waals surface area contributed by atoms with Gasteiger partial charge in [-0.25, -0.2) is 0 Å². The van der Waals surface area contributed by atoms with Crippen molar-refractivity contribution in [2.45, 2.75) is 25.8 Å². The third kappa shape index (κ3) is 3.07. The molecule has 1 atom stereocenters. The average molecular weight is 250 g/mol. The first-order chi connectivity index (χ1) is 8.70. The zero-order chi connectivity index (χ0) is 13.0. The molecule has 1 aliphatic rings. The third-order valence-corrected chi connectivity index (χ3v) is 3.60. The van der Waals surface area contributed by atoms with Crippen LogP contribution in [0.15, 0.2) is 18.2 Å². The highest BCUT2D eigenvalue weighted by Gasteiger charge is 2.20. The van der Waals surface area contributed by atoms with E-state index >= 15 is 0 Å². The molecular weight excluding hydrogens is 228 g/mol. The van der Waals surface area contributed by atoms with Crippen LogP contribution < -0.4 is 15.8 Å². The van der Waals surface area contributed by atoms with E-state index in [1.807, 2.05) is 18.2 Å². The summed E-state index contributed by atoms with van der Waals surface area (Å²) in [5.74, 6) is 1.39. The first-order valence-electron chi connectivity index (χ1n) is 6.48. The topological polar surface area (TPSA) is 56.5 Å². The predicted molar refractivity (Wildman–Crippen MR) is 74.0 cm³/mol. The lowest BCUT2D eigenvalue weighted by molar-refractivity contribution is 0.0622. The summed E-state index contributed by atoms with van der Waals surface area (Å²) in [4.78, 5) is 0. The average Bonchev–Trinajstić information content (AvgIpc) is 2.42. The van der Waals surface area contributed by atoms with Crippen molar-refractivity contribution >= 4 is 11.4 Å². The van der Waals surface area contributed by atoms with Gasteiger partial charge in [-0.05, 0) is 37.8 Å². The summed E-state index contributed by atoms with van der Waals surface area (Å²) in [5.41, 5.74) is 7.53. The Hall–Kier alpha value is -1.42. The van der Waals surface area contributed by atoms with E-state index in [1.165, 1.54) is 0 Å². The number of anilines is 2. The molecule has 0 bridgehead atoms. The van der Waals surface area contributed by atoms with Crippen molar-refractivity contribution in [2.75, 3.05) is 31.4 Å². The van der Waals surface area contributed by atoms with E-state index in [0.29, 0.717) is 17.6 Å². The molecule has 1 fully saturated rings. The fourth-order valence-electron chi connectivity index (χ4n) is 2.40. The maximum absolute atomic E-state index is 5.80. The van der Waals surface area contributed by atoms with Gasteiger partial charge in [0.05, 0.1) is 12.8 Å². The molecule has 1 aliphatic heterocycles. The number of nitrogen functional groups attached to an aromatic ring is 1. The van der Waals surface area contributed by atoms with Crippen LogP contribution in [0.3, 0.4) is 0 Å². The van der Waals surface area contributed by atoms with Gasteiger partial charge in [-0.3, -0.25) is 0 Å². The van der Waals surface area contributed by atoms with Crippen molar-refractivity contribution in [3.63, 3.8) is 0 Å². The number of methoxy groups -OCH3 is 1. The van der Waals surface area contributed by atoms with Crippen molar-refractivity contribution in [1.82, 2.24) is 0 Å². The first kappa shape index (κ1) is 13.0. The van der Waals surface area contributed by atoms with Crippen LogP contribution in [0.5, 0.6) is 5.75 Å². The summed E-state index contributed by atoms with van der Waals surface area (Å²) < 4.78 is 10.6. The minimum Gasteiger partial charge on any atom is -0.495 e. The second-order valence-electron chi connectivity index (χ2n) is 4.84. The van der Waals surface area contributed by atoms with Crippen LogP contribution in [0.2, 0.25) is 0 Å². The van der Waals surface area contributed by atoms with Gasteiger partial charge in [-0.1, -0.05) is 0 Å². The highest BCUT2D eigenvalue weighted by atomic mass is 16.5. The summed E-state index contributed by atoms with van der Waals surface area (Å²) in [5, 5.41) is 3.52. The molecule has 18 heavy (non-hydrogen) atoms. The SMILES string of the molecule is COc1cc(NC(C)C2CCOCC2)ccc1N. The molecule has 4 heteroatoms. The van der Waals surface area contributed by atoms with Crippen LogP contribution in [-0.2, 0) is 4.74 Å². The molecule has 0 aliphatic carbocycles. The van der Waals surface area contributed by atoms with Crippen molar-refractivity contribution in [3.8, 4) is 5.75 Å². The van der Waals surface area contributed by atoms with Gasteiger partial charge in [-0.15, -0.1) is 0 Å². The molecule has 3 N–H and O–H groups in total. The Morgan fingerprint density at radius 1 is 1.39 bits per heavy atom. The molecule has 0 aromatic heterocycles. The lowest BCUT2D eigenvalue weighted by Crippen LogP contribution is -2.30. The van der Waals surface area contributed by atoms with Crippen molar-refractivity contribution in [1.29, 1.82) is 0 Å². The molecule has 100 valence electrons. The summed E-state index contributed by atoms with van der Waals surface area (Å²) in [6.45, 7) is 3.97. The van der Waals surface area contributed by atoms with Crippen molar-refractivity contribution in [2.24, 2.45) is 5.92 Å². The quantitative estimate of drug-likeness (QED) is 0.806. The number of rotatable bonds is 4. The number of benzene rings is 1. The first-order valence-corrected chi connectivity index (χ1v) is 6.48. The molecule has 0 radical (unpaired) electrons. The van der Waals surface area contributed by atoms with Gasteiger partial charge in [0.1, 0.15) is 5.75 Å². The van der Waals surface area contributed by atoms with E-state index in [4.69, 9.17) is 15.2 Å². The Morgan fingerprint density at radius 2 is 2.11 bits per heavy atom. The predicted octanol–water partition coefficient (Wildman–Crippen LogP) is 2.50. The fraction of sp³-hybridized carbons (Fsp3) is 0.571. The monoisotopic (exact) mass is 250 g/mol. The zero-order valence-corrected chi connectivity index (χ0v) is 11.1. The van der Waals surface area contributed by atoms with Crippen molar-refractivity contribution in [3.05, 3.63) is 18.2 Å². The largest absolute Gasteiger partial charge is 0.495 e. The smallest absolute Gasteiger partial charge is 0.143 e. The Labute approximate surface area is 108 Å². The summed E-state index contributed by atoms with van der Waals surface area (Å²) >= 11 is 0. The molecule has 1 aromatic carbocycles. The second kappa shape index (κ2) is 5.96. The number of nitrogens with two attached hydrogens (primary N) is 1. The fourth-order valence-corrected chi connectivity index (χ4v) is 2.40. The standard InChI is InChI=1S/C14H22N2O2/c1-10(11-5-7-18-8-6-11)16-12-3-4-13(15)14(9-12)17-2/h3-4,9-11,16H,5-8,15H2,1-2H3. The lowest BCUT2D eigenvalue weighted by atomic mass is 9.93. The molecule has 0 amide bonds. The van der Waals surface area contributed by atoms with E-state index in [0.717, 1.165) is 37.5 Å². The molecule has 2 rings (SSSR count). The minimum atomic E-state index is 0.433. The van der Waals surface area contributed by atoms with Crippen LogP contribution >= 0.6 is 0 Å². The Morgan fingerprint density at radius 3 is 2.78 bits per heavy atom. The molecule has 4 nitrogen and oxygen atoms in total. The second-order valence-corrected chi connectivity index (χ2v) is 4.84. The van der Waals surface area contributed by atoms with Gasteiger partial charge in [0.2, 0.25) is 0 Å². The lowest BCUT2D eigenvalue weighted by Gasteiger charge is -2.29. The summed E-state index contributed by atoms with van der Waals surface area (Å²) in [7, 11) is 1.64. The van der Waals surface area contributed by atoms with Gasteiger partial charge >= 0.3 is 0 Å². The van der Waals surface area contributed by atoms with Crippen molar-refractivity contribution < 1.29 is 9.47 Å². The van der Waals surface area contributed by atoms with Crippen LogP contribution in [0, 0.1) is 5.92 Å². The van der Waals surface area contributed by atoms with Gasteiger partial charge in [0, 0.05) is 31.0 Å². The molecular formula is C14H22N2O2. The van der Waals surface area contributed by atoms with Gasteiger partial charge in [-0.2, -0.15) is 0 Å². The third-order valence-electron chi connectivity index (χ3n) is 3.60. The van der Waals surface area contributed by atoms with Gasteiger partial charge in [0.15, 0.2) is 0 Å². The Kier molecular flexibility index (Phi) is 4.31. The maximum Gasteiger partial charge on any atom is 0.143 e. The Bertz CT molecular complexity index is 389. The zero-order valence-electron chi connectivity index (χ0n) is 11.1. The normalized spacial score (nSPS) is 18.3. The van der Waals surface area contributed by atoms with Crippen LogP contribution in [0.1, 0.15) is 19.8 Å². The van der Waals surface area contributed by atoms with Gasteiger partial charge < -0.3 is 20.5 Å². The summed E-state index contributed by atoms with van der Waals surface area (Å²) in [6, 6.07) is 6.25. The highest BCUT2D eigenvalue weighted by Crippen LogP contribution is 2.27. The van der Waals surface area contributed by atoms with E-state index < -0.39 is 0 Å². The van der Waals surface area contributed by atoms with Crippen LogP contribution in [0.25, 0.3) is 0 Å². The number of hydrogen-bond acceptors (Lipinski definition) is 4. The van der Waals surface area contributed by atoms with Gasteiger partial charge in [0.25, 0.3) is 0 Å². The maximum atomic E-state index is 5.80. The molecule has 1 saturated heterocycles. The molecule has 0 saturated carbocycles. The summed E-state index contributed by atoms with van der Waals surface area (Å²) in [6.07, 6.45) is 2.25. The van der Waals surface area contributed by atoms with E-state index in [9.17, 15) is 0 Å². The van der Waals surface area contributed by atoms with Crippen LogP contribution in [-0.4, -0.2) is 26.4 Å². The van der Waals surface area contributed by atoms with E-state index in [2.05, 4.69) is 12.2 Å². The molecule has 1 unspecified atom stereocenters. The minimum absolute atomic E-state index is 0.433. The highest BCUT2D eigenvalue weighted by molar-refractivity contribution is 5.61. The Balaban J connectivity index is 1.99. The number of nitrogens with one attached hydrogen (secondary N) is 1. The van der Waals surface area contributed by atoms with E-state index in [-0.39, 0.29) is 0 Å². The number of hydrogen-bond donors (Lipinski definition) is 2.